The molecule has 0 aliphatic heterocycles. The average molecular weight is 276 g/mol. The van der Waals surface area contributed by atoms with Crippen LogP contribution in [0.5, 0.6) is 0 Å². The number of pyridine rings is 1. The molecule has 0 saturated carbocycles. The third kappa shape index (κ3) is 4.19. The van der Waals surface area contributed by atoms with Crippen molar-refractivity contribution in [2.45, 2.75) is 44.9 Å². The lowest BCUT2D eigenvalue weighted by atomic mass is 10.1. The van der Waals surface area contributed by atoms with Crippen LogP contribution in [0.2, 0.25) is 0 Å². The smallest absolute Gasteiger partial charge is 0.280 e. The van der Waals surface area contributed by atoms with Crippen LogP contribution in [-0.4, -0.2) is 14.3 Å². The Labute approximate surface area is 109 Å². The SMILES string of the molecule is C[C@@H](N[S+]([O-])C(C)(C)C)c1ccc(C(F)F)nc1. The summed E-state index contributed by atoms with van der Waals surface area (Å²) in [7, 11) is 0. The Balaban J connectivity index is 2.70. The largest absolute Gasteiger partial charge is 0.598 e. The van der Waals surface area contributed by atoms with Crippen LogP contribution >= 0.6 is 0 Å². The van der Waals surface area contributed by atoms with Gasteiger partial charge in [0.15, 0.2) is 0 Å². The van der Waals surface area contributed by atoms with Gasteiger partial charge in [0.1, 0.15) is 10.4 Å². The van der Waals surface area contributed by atoms with E-state index in [2.05, 4.69) is 9.71 Å². The predicted octanol–water partition coefficient (Wildman–Crippen LogP) is 3.13. The van der Waals surface area contributed by atoms with Gasteiger partial charge in [0, 0.05) is 17.6 Å². The molecular weight excluding hydrogens is 258 g/mol. The molecule has 18 heavy (non-hydrogen) atoms. The van der Waals surface area contributed by atoms with Crippen molar-refractivity contribution in [3.63, 3.8) is 0 Å². The molecule has 0 aliphatic carbocycles. The Kier molecular flexibility index (Phi) is 5.07. The maximum atomic E-state index is 12.3. The second-order valence-electron chi connectivity index (χ2n) is 5.04. The zero-order chi connectivity index (χ0) is 13.9. The number of hydrogen-bond acceptors (Lipinski definition) is 3. The Bertz CT molecular complexity index is 379. The van der Waals surface area contributed by atoms with Gasteiger partial charge in [-0.15, -0.1) is 4.72 Å². The number of halogens is 2. The lowest BCUT2D eigenvalue weighted by Crippen LogP contribution is -2.40. The maximum absolute atomic E-state index is 12.3. The van der Waals surface area contributed by atoms with Gasteiger partial charge in [0.2, 0.25) is 0 Å². The van der Waals surface area contributed by atoms with E-state index in [9.17, 15) is 13.3 Å². The van der Waals surface area contributed by atoms with Crippen LogP contribution in [0, 0.1) is 0 Å². The number of nitrogens with zero attached hydrogens (tertiary/aromatic N) is 1. The van der Waals surface area contributed by atoms with Crippen molar-refractivity contribution in [2.24, 2.45) is 0 Å². The maximum Gasteiger partial charge on any atom is 0.280 e. The van der Waals surface area contributed by atoms with E-state index in [0.717, 1.165) is 5.56 Å². The van der Waals surface area contributed by atoms with Gasteiger partial charge in [-0.25, -0.2) is 8.78 Å². The molecule has 102 valence electrons. The molecule has 0 aromatic carbocycles. The lowest BCUT2D eigenvalue weighted by molar-refractivity contribution is 0.146. The summed E-state index contributed by atoms with van der Waals surface area (Å²) in [5.74, 6) is 0. The minimum absolute atomic E-state index is 0.204. The van der Waals surface area contributed by atoms with Crippen LogP contribution in [-0.2, 0) is 11.4 Å². The number of hydrogen-bond donors (Lipinski definition) is 1. The van der Waals surface area contributed by atoms with Crippen molar-refractivity contribution in [3.05, 3.63) is 29.6 Å². The average Bonchev–Trinajstić information content (AvgIpc) is 2.27. The summed E-state index contributed by atoms with van der Waals surface area (Å²) in [6.45, 7) is 7.41. The van der Waals surface area contributed by atoms with E-state index >= 15 is 0 Å². The molecule has 3 nitrogen and oxygen atoms in total. The summed E-state index contributed by atoms with van der Waals surface area (Å²) in [6.07, 6.45) is -1.18. The molecule has 0 aliphatic rings. The fraction of sp³-hybridized carbons (Fsp3) is 0.583. The summed E-state index contributed by atoms with van der Waals surface area (Å²) >= 11 is -1.21. The van der Waals surface area contributed by atoms with E-state index in [-0.39, 0.29) is 16.5 Å². The second-order valence-corrected chi connectivity index (χ2v) is 7.04. The lowest BCUT2D eigenvalue weighted by Gasteiger charge is -2.26. The molecule has 1 aromatic rings. The highest BCUT2D eigenvalue weighted by Gasteiger charge is 2.28. The molecule has 0 radical (unpaired) electrons. The fourth-order valence-corrected chi connectivity index (χ4v) is 2.02. The van der Waals surface area contributed by atoms with Crippen molar-refractivity contribution in [2.75, 3.05) is 0 Å². The van der Waals surface area contributed by atoms with E-state index in [1.807, 2.05) is 27.7 Å². The molecule has 0 saturated heterocycles. The molecular formula is C12H18F2N2OS. The van der Waals surface area contributed by atoms with Crippen molar-refractivity contribution in [1.82, 2.24) is 9.71 Å². The number of rotatable bonds is 4. The van der Waals surface area contributed by atoms with Crippen LogP contribution in [0.4, 0.5) is 8.78 Å². The van der Waals surface area contributed by atoms with E-state index < -0.39 is 17.8 Å². The molecule has 0 fully saturated rings. The molecule has 1 rings (SSSR count). The van der Waals surface area contributed by atoms with E-state index in [1.165, 1.54) is 12.3 Å². The summed E-state index contributed by atoms with van der Waals surface area (Å²) in [6, 6.07) is 2.66. The monoisotopic (exact) mass is 276 g/mol. The van der Waals surface area contributed by atoms with Gasteiger partial charge >= 0.3 is 0 Å². The van der Waals surface area contributed by atoms with Crippen LogP contribution in [0.15, 0.2) is 18.3 Å². The first kappa shape index (κ1) is 15.3. The third-order valence-corrected chi connectivity index (χ3v) is 4.05. The highest BCUT2D eigenvalue weighted by atomic mass is 32.2. The highest BCUT2D eigenvalue weighted by molar-refractivity contribution is 7.90. The minimum atomic E-state index is -2.56. The molecule has 0 bridgehead atoms. The van der Waals surface area contributed by atoms with Crippen LogP contribution in [0.3, 0.4) is 0 Å². The molecule has 1 unspecified atom stereocenters. The summed E-state index contributed by atoms with van der Waals surface area (Å²) in [5.41, 5.74) is 0.486. The molecule has 1 N–H and O–H groups in total. The standard InChI is InChI=1S/C12H18F2N2OS/c1-8(16-18(17)12(2,3)4)9-5-6-10(11(13)14)15-7-9/h5-8,11,16H,1-4H3/t8-,18?/m1/s1. The predicted molar refractivity (Wildman–Crippen MR) is 68.6 cm³/mol. The molecule has 0 spiro atoms. The van der Waals surface area contributed by atoms with Gasteiger partial charge in [-0.3, -0.25) is 4.98 Å². The number of alkyl halides is 2. The summed E-state index contributed by atoms with van der Waals surface area (Å²) in [4.78, 5) is 3.68. The fourth-order valence-electron chi connectivity index (χ4n) is 1.21. The summed E-state index contributed by atoms with van der Waals surface area (Å²) < 4.78 is 39.1. The first-order valence-corrected chi connectivity index (χ1v) is 6.79. The van der Waals surface area contributed by atoms with E-state index in [4.69, 9.17) is 0 Å². The Morgan fingerprint density at radius 1 is 1.33 bits per heavy atom. The van der Waals surface area contributed by atoms with Crippen LogP contribution in [0.1, 0.15) is 51.4 Å². The Morgan fingerprint density at radius 3 is 2.33 bits per heavy atom. The highest BCUT2D eigenvalue weighted by Crippen LogP contribution is 2.21. The third-order valence-electron chi connectivity index (χ3n) is 2.37. The Morgan fingerprint density at radius 2 is 1.94 bits per heavy atom. The van der Waals surface area contributed by atoms with Gasteiger partial charge in [0.25, 0.3) is 6.43 Å². The zero-order valence-corrected chi connectivity index (χ0v) is 11.7. The number of aromatic nitrogens is 1. The normalized spacial score (nSPS) is 15.8. The molecule has 6 heteroatoms. The van der Waals surface area contributed by atoms with Crippen molar-refractivity contribution in [1.29, 1.82) is 0 Å². The molecule has 0 amide bonds. The van der Waals surface area contributed by atoms with Gasteiger partial charge in [-0.2, -0.15) is 0 Å². The first-order chi connectivity index (χ1) is 8.21. The Hall–Kier alpha value is -0.720. The molecule has 2 atom stereocenters. The van der Waals surface area contributed by atoms with Gasteiger partial charge in [-0.1, -0.05) is 6.07 Å². The van der Waals surface area contributed by atoms with E-state index in [0.29, 0.717) is 0 Å². The quantitative estimate of drug-likeness (QED) is 0.859. The van der Waals surface area contributed by atoms with E-state index in [1.54, 1.807) is 6.07 Å². The minimum Gasteiger partial charge on any atom is -0.598 e. The van der Waals surface area contributed by atoms with Crippen molar-refractivity contribution >= 4 is 11.4 Å². The van der Waals surface area contributed by atoms with Crippen molar-refractivity contribution < 1.29 is 13.3 Å². The van der Waals surface area contributed by atoms with Gasteiger partial charge < -0.3 is 4.55 Å². The topological polar surface area (TPSA) is 48.0 Å². The molecule has 1 heterocycles. The number of nitrogens with one attached hydrogen (secondary N) is 1. The van der Waals surface area contributed by atoms with Crippen molar-refractivity contribution in [3.8, 4) is 0 Å². The van der Waals surface area contributed by atoms with Gasteiger partial charge in [-0.05, 0) is 39.3 Å². The first-order valence-electron chi connectivity index (χ1n) is 5.64. The van der Waals surface area contributed by atoms with Crippen LogP contribution < -0.4 is 4.72 Å². The molecule has 1 aromatic heterocycles. The summed E-state index contributed by atoms with van der Waals surface area (Å²) in [5, 5.41) is 0. The zero-order valence-electron chi connectivity index (χ0n) is 10.9. The van der Waals surface area contributed by atoms with Crippen LogP contribution in [0.25, 0.3) is 0 Å². The van der Waals surface area contributed by atoms with Gasteiger partial charge in [0.05, 0.1) is 6.04 Å². The second kappa shape index (κ2) is 5.95.